The molecule has 2 aromatic rings. The van der Waals surface area contributed by atoms with Gasteiger partial charge in [-0.15, -0.1) is 0 Å². The highest BCUT2D eigenvalue weighted by molar-refractivity contribution is 6.05. The Morgan fingerprint density at radius 2 is 1.93 bits per heavy atom. The molecule has 0 radical (unpaired) electrons. The monoisotopic (exact) mass is 370 g/mol. The van der Waals surface area contributed by atoms with Gasteiger partial charge in [-0.3, -0.25) is 14.9 Å². The van der Waals surface area contributed by atoms with Gasteiger partial charge in [0, 0.05) is 30.6 Å². The lowest BCUT2D eigenvalue weighted by Gasteiger charge is -2.19. The van der Waals surface area contributed by atoms with Gasteiger partial charge in [0.2, 0.25) is 5.95 Å². The Kier molecular flexibility index (Phi) is 6.18. The van der Waals surface area contributed by atoms with Crippen molar-refractivity contribution in [2.45, 2.75) is 32.1 Å². The molecule has 0 unspecified atom stereocenters. The first-order valence-electron chi connectivity index (χ1n) is 9.39. The molecule has 1 aliphatic heterocycles. The number of nitrogens with zero attached hydrogens (tertiary/aromatic N) is 3. The topological polar surface area (TPSA) is 101 Å². The van der Waals surface area contributed by atoms with Gasteiger partial charge in [-0.1, -0.05) is 13.0 Å². The Bertz CT molecular complexity index is 810. The van der Waals surface area contributed by atoms with Crippen LogP contribution in [-0.4, -0.2) is 46.2 Å². The third-order valence-electron chi connectivity index (χ3n) is 4.63. The highest BCUT2D eigenvalue weighted by Crippen LogP contribution is 2.23. The summed E-state index contributed by atoms with van der Waals surface area (Å²) in [6, 6.07) is 6.66. The van der Waals surface area contributed by atoms with Gasteiger partial charge in [0.1, 0.15) is 0 Å². The molecule has 0 bridgehead atoms. The SMILES string of the molecule is CCCNC(=O)c1cccc(C(=O)Nc2nc(C3CCNCC3)nn2C)c1. The second kappa shape index (κ2) is 8.77. The predicted octanol–water partition coefficient (Wildman–Crippen LogP) is 1.67. The van der Waals surface area contributed by atoms with Crippen LogP contribution < -0.4 is 16.0 Å². The number of benzene rings is 1. The number of anilines is 1. The molecule has 0 spiro atoms. The Labute approximate surface area is 158 Å². The fourth-order valence-electron chi connectivity index (χ4n) is 3.08. The molecule has 1 aliphatic rings. The summed E-state index contributed by atoms with van der Waals surface area (Å²) in [7, 11) is 1.77. The highest BCUT2D eigenvalue weighted by Gasteiger charge is 2.21. The molecule has 0 atom stereocenters. The summed E-state index contributed by atoms with van der Waals surface area (Å²) in [5.41, 5.74) is 0.870. The lowest BCUT2D eigenvalue weighted by Crippen LogP contribution is -2.27. The van der Waals surface area contributed by atoms with E-state index in [1.165, 1.54) is 0 Å². The first-order chi connectivity index (χ1) is 13.1. The molecular formula is C19H26N6O2. The van der Waals surface area contributed by atoms with Crippen molar-refractivity contribution >= 4 is 17.8 Å². The van der Waals surface area contributed by atoms with Gasteiger partial charge >= 0.3 is 0 Å². The standard InChI is InChI=1S/C19H26N6O2/c1-3-9-21-17(26)14-5-4-6-15(12-14)18(27)23-19-22-16(24-25(19)2)13-7-10-20-11-8-13/h4-6,12-13,20H,3,7-11H2,1-2H3,(H,21,26)(H,22,23,24,27). The first kappa shape index (κ1) is 19.0. The molecule has 3 rings (SSSR count). The van der Waals surface area contributed by atoms with Gasteiger partial charge < -0.3 is 10.6 Å². The smallest absolute Gasteiger partial charge is 0.258 e. The summed E-state index contributed by atoms with van der Waals surface area (Å²) in [5.74, 6) is 0.996. The number of hydrogen-bond donors (Lipinski definition) is 3. The van der Waals surface area contributed by atoms with Crippen LogP contribution in [0.1, 0.15) is 58.6 Å². The quantitative estimate of drug-likeness (QED) is 0.718. The minimum Gasteiger partial charge on any atom is -0.352 e. The average Bonchev–Trinajstić information content (AvgIpc) is 3.07. The number of rotatable bonds is 6. The molecule has 1 saturated heterocycles. The summed E-state index contributed by atoms with van der Waals surface area (Å²) in [5, 5.41) is 13.4. The van der Waals surface area contributed by atoms with Gasteiger partial charge in [0.25, 0.3) is 11.8 Å². The van der Waals surface area contributed by atoms with Gasteiger partial charge in [-0.2, -0.15) is 10.1 Å². The van der Waals surface area contributed by atoms with Crippen LogP contribution in [0.15, 0.2) is 24.3 Å². The van der Waals surface area contributed by atoms with E-state index in [-0.39, 0.29) is 11.8 Å². The second-order valence-corrected chi connectivity index (χ2v) is 6.73. The first-order valence-corrected chi connectivity index (χ1v) is 9.39. The van der Waals surface area contributed by atoms with Crippen LogP contribution in [0.3, 0.4) is 0 Å². The molecule has 1 fully saturated rings. The predicted molar refractivity (Wildman–Crippen MR) is 103 cm³/mol. The molecule has 1 aromatic heterocycles. The summed E-state index contributed by atoms with van der Waals surface area (Å²) >= 11 is 0. The fourth-order valence-corrected chi connectivity index (χ4v) is 3.08. The molecule has 0 aliphatic carbocycles. The zero-order valence-electron chi connectivity index (χ0n) is 15.8. The van der Waals surface area contributed by atoms with E-state index in [2.05, 4.69) is 26.0 Å². The number of hydrogen-bond acceptors (Lipinski definition) is 5. The molecule has 8 nitrogen and oxygen atoms in total. The summed E-state index contributed by atoms with van der Waals surface area (Å²) in [6.07, 6.45) is 2.84. The van der Waals surface area contributed by atoms with Gasteiger partial charge in [-0.25, -0.2) is 4.68 Å². The molecule has 2 heterocycles. The van der Waals surface area contributed by atoms with Crippen LogP contribution in [0.5, 0.6) is 0 Å². The number of carbonyl (C=O) groups excluding carboxylic acids is 2. The third kappa shape index (κ3) is 4.71. The van der Waals surface area contributed by atoms with Crippen molar-refractivity contribution in [2.75, 3.05) is 25.0 Å². The van der Waals surface area contributed by atoms with E-state index in [9.17, 15) is 9.59 Å². The van der Waals surface area contributed by atoms with E-state index in [4.69, 9.17) is 0 Å². The van der Waals surface area contributed by atoms with E-state index < -0.39 is 0 Å². The number of amides is 2. The van der Waals surface area contributed by atoms with Crippen LogP contribution in [0, 0.1) is 0 Å². The highest BCUT2D eigenvalue weighted by atomic mass is 16.2. The lowest BCUT2D eigenvalue weighted by molar-refractivity contribution is 0.0953. The summed E-state index contributed by atoms with van der Waals surface area (Å²) in [6.45, 7) is 4.51. The van der Waals surface area contributed by atoms with Crippen molar-refractivity contribution in [3.63, 3.8) is 0 Å². The minimum atomic E-state index is -0.312. The average molecular weight is 370 g/mol. The molecular weight excluding hydrogens is 344 g/mol. The van der Waals surface area contributed by atoms with Gasteiger partial charge in [-0.05, 0) is 50.6 Å². The van der Waals surface area contributed by atoms with E-state index >= 15 is 0 Å². The summed E-state index contributed by atoms with van der Waals surface area (Å²) < 4.78 is 1.59. The zero-order chi connectivity index (χ0) is 19.2. The van der Waals surface area contributed by atoms with Crippen molar-refractivity contribution in [3.05, 3.63) is 41.2 Å². The molecule has 1 aromatic carbocycles. The lowest BCUT2D eigenvalue weighted by atomic mass is 9.98. The second-order valence-electron chi connectivity index (χ2n) is 6.73. The Morgan fingerprint density at radius 3 is 2.63 bits per heavy atom. The van der Waals surface area contributed by atoms with Crippen LogP contribution in [0.2, 0.25) is 0 Å². The van der Waals surface area contributed by atoms with Crippen LogP contribution in [0.25, 0.3) is 0 Å². The molecule has 27 heavy (non-hydrogen) atoms. The van der Waals surface area contributed by atoms with Gasteiger partial charge in [0.05, 0.1) is 0 Å². The maximum Gasteiger partial charge on any atom is 0.258 e. The van der Waals surface area contributed by atoms with E-state index in [1.807, 2.05) is 6.92 Å². The van der Waals surface area contributed by atoms with E-state index in [0.717, 1.165) is 38.2 Å². The van der Waals surface area contributed by atoms with Crippen molar-refractivity contribution < 1.29 is 9.59 Å². The normalized spacial score (nSPS) is 14.7. The molecule has 0 saturated carbocycles. The molecule has 144 valence electrons. The fraction of sp³-hybridized carbons (Fsp3) is 0.474. The van der Waals surface area contributed by atoms with E-state index in [0.29, 0.717) is 29.5 Å². The minimum absolute atomic E-state index is 0.182. The molecule has 3 N–H and O–H groups in total. The van der Waals surface area contributed by atoms with Gasteiger partial charge in [0.15, 0.2) is 5.82 Å². The Morgan fingerprint density at radius 1 is 1.22 bits per heavy atom. The van der Waals surface area contributed by atoms with Crippen molar-refractivity contribution in [3.8, 4) is 0 Å². The Balaban J connectivity index is 1.70. The van der Waals surface area contributed by atoms with Crippen molar-refractivity contribution in [1.29, 1.82) is 0 Å². The van der Waals surface area contributed by atoms with Crippen LogP contribution >= 0.6 is 0 Å². The third-order valence-corrected chi connectivity index (χ3v) is 4.63. The Hall–Kier alpha value is -2.74. The number of nitrogens with one attached hydrogen (secondary N) is 3. The zero-order valence-corrected chi connectivity index (χ0v) is 15.8. The molecule has 8 heteroatoms. The van der Waals surface area contributed by atoms with Crippen LogP contribution in [0.4, 0.5) is 5.95 Å². The van der Waals surface area contributed by atoms with Crippen molar-refractivity contribution in [1.82, 2.24) is 25.4 Å². The maximum absolute atomic E-state index is 12.6. The maximum atomic E-state index is 12.6. The van der Waals surface area contributed by atoms with Crippen LogP contribution in [-0.2, 0) is 7.05 Å². The van der Waals surface area contributed by atoms with Crippen molar-refractivity contribution in [2.24, 2.45) is 7.05 Å². The molecule has 2 amide bonds. The summed E-state index contributed by atoms with van der Waals surface area (Å²) in [4.78, 5) is 29.2. The number of piperidine rings is 1. The van der Waals surface area contributed by atoms with E-state index in [1.54, 1.807) is 36.0 Å². The largest absolute Gasteiger partial charge is 0.352 e. The number of aryl methyl sites for hydroxylation is 1. The number of carbonyl (C=O) groups is 2. The number of aromatic nitrogens is 3.